The normalized spacial score (nSPS) is 20.4. The molecule has 0 radical (unpaired) electrons. The number of piperidine rings is 2. The molecule has 0 aromatic heterocycles. The van der Waals surface area contributed by atoms with Crippen LogP contribution in [0, 0.1) is 5.92 Å². The average Bonchev–Trinajstić information content (AvgIpc) is 2.73. The maximum Gasteiger partial charge on any atom is 0.416 e. The molecule has 158 valence electrons. The van der Waals surface area contributed by atoms with Gasteiger partial charge in [-0.2, -0.15) is 13.2 Å². The van der Waals surface area contributed by atoms with Crippen molar-refractivity contribution in [3.8, 4) is 0 Å². The number of amides is 2. The zero-order chi connectivity index (χ0) is 21.2. The van der Waals surface area contributed by atoms with Crippen LogP contribution in [0.3, 0.4) is 0 Å². The quantitative estimate of drug-likeness (QED) is 0.558. The molecule has 2 fully saturated rings. The summed E-state index contributed by atoms with van der Waals surface area (Å²) in [7, 11) is 0. The third kappa shape index (κ3) is 4.46. The third-order valence-electron chi connectivity index (χ3n) is 5.91. The highest BCUT2D eigenvalue weighted by molar-refractivity contribution is 5.87. The number of rotatable bonds is 3. The van der Waals surface area contributed by atoms with Crippen LogP contribution < -0.4 is 0 Å². The van der Waals surface area contributed by atoms with E-state index in [1.165, 1.54) is 24.3 Å². The second-order valence-corrected chi connectivity index (χ2v) is 7.64. The van der Waals surface area contributed by atoms with Gasteiger partial charge in [0.1, 0.15) is 5.67 Å². The van der Waals surface area contributed by atoms with Crippen molar-refractivity contribution in [2.45, 2.75) is 37.5 Å². The highest BCUT2D eigenvalue weighted by Gasteiger charge is 2.44. The van der Waals surface area contributed by atoms with Gasteiger partial charge >= 0.3 is 6.18 Å². The molecule has 3 rings (SSSR count). The summed E-state index contributed by atoms with van der Waals surface area (Å²) in [5.41, 5.74) is -3.42. The van der Waals surface area contributed by atoms with Crippen LogP contribution in [0.25, 0.3) is 0 Å². The first-order valence-electron chi connectivity index (χ1n) is 9.71. The lowest BCUT2D eigenvalue weighted by molar-refractivity contribution is -0.144. The molecule has 0 N–H and O–H groups in total. The van der Waals surface area contributed by atoms with E-state index in [1.807, 2.05) is 0 Å². The molecule has 1 aromatic rings. The zero-order valence-electron chi connectivity index (χ0n) is 16.1. The predicted octanol–water partition coefficient (Wildman–Crippen LogP) is 3.92. The van der Waals surface area contributed by atoms with E-state index in [9.17, 15) is 22.8 Å². The fourth-order valence-corrected chi connectivity index (χ4v) is 4.21. The molecule has 0 atom stereocenters. The lowest BCUT2D eigenvalue weighted by Crippen LogP contribution is -2.48. The first-order valence-corrected chi connectivity index (χ1v) is 9.71. The van der Waals surface area contributed by atoms with Crippen molar-refractivity contribution < 1.29 is 27.2 Å². The molecule has 0 bridgehead atoms. The molecule has 29 heavy (non-hydrogen) atoms. The van der Waals surface area contributed by atoms with Crippen LogP contribution >= 0.6 is 0 Å². The second-order valence-electron chi connectivity index (χ2n) is 7.64. The SMILES string of the molecule is C=CC(=O)N1CCC(C(=O)N2CCC(F)(c3ccccc3C(F)(F)F)CC2)CC1. The van der Waals surface area contributed by atoms with Crippen LogP contribution in [0.2, 0.25) is 0 Å². The molecule has 2 saturated heterocycles. The second kappa shape index (κ2) is 8.16. The van der Waals surface area contributed by atoms with Crippen molar-refractivity contribution in [3.63, 3.8) is 0 Å². The van der Waals surface area contributed by atoms with Gasteiger partial charge in [0.25, 0.3) is 0 Å². The highest BCUT2D eigenvalue weighted by atomic mass is 19.4. The first kappa shape index (κ1) is 21.3. The Balaban J connectivity index is 1.63. The lowest BCUT2D eigenvalue weighted by Gasteiger charge is -2.40. The fraction of sp³-hybridized carbons (Fsp3) is 0.524. The minimum absolute atomic E-state index is 0.0767. The van der Waals surface area contributed by atoms with Gasteiger partial charge in [0.2, 0.25) is 11.8 Å². The van der Waals surface area contributed by atoms with Crippen molar-refractivity contribution in [3.05, 3.63) is 48.0 Å². The number of carbonyl (C=O) groups excluding carboxylic acids is 2. The molecule has 1 aromatic carbocycles. The highest BCUT2D eigenvalue weighted by Crippen LogP contribution is 2.43. The average molecular weight is 412 g/mol. The molecule has 4 nitrogen and oxygen atoms in total. The summed E-state index contributed by atoms with van der Waals surface area (Å²) in [6, 6.07) is 4.73. The molecule has 0 spiro atoms. The van der Waals surface area contributed by atoms with E-state index in [0.29, 0.717) is 25.9 Å². The molecule has 2 heterocycles. The van der Waals surface area contributed by atoms with E-state index >= 15 is 4.39 Å². The van der Waals surface area contributed by atoms with Crippen molar-refractivity contribution in [1.29, 1.82) is 0 Å². The number of likely N-dealkylation sites (tertiary alicyclic amines) is 2. The number of hydrogen-bond donors (Lipinski definition) is 0. The first-order chi connectivity index (χ1) is 13.7. The van der Waals surface area contributed by atoms with Gasteiger partial charge in [0.15, 0.2) is 0 Å². The summed E-state index contributed by atoms with van der Waals surface area (Å²) in [6.45, 7) is 4.52. The Morgan fingerprint density at radius 1 is 1.03 bits per heavy atom. The zero-order valence-corrected chi connectivity index (χ0v) is 16.1. The van der Waals surface area contributed by atoms with Crippen molar-refractivity contribution in [2.75, 3.05) is 26.2 Å². The summed E-state index contributed by atoms with van der Waals surface area (Å²) in [4.78, 5) is 27.6. The fourth-order valence-electron chi connectivity index (χ4n) is 4.21. The summed E-state index contributed by atoms with van der Waals surface area (Å²) >= 11 is 0. The van der Waals surface area contributed by atoms with Gasteiger partial charge in [-0.3, -0.25) is 9.59 Å². The number of benzene rings is 1. The van der Waals surface area contributed by atoms with E-state index in [2.05, 4.69) is 6.58 Å². The predicted molar refractivity (Wildman–Crippen MR) is 99.5 cm³/mol. The Morgan fingerprint density at radius 3 is 2.17 bits per heavy atom. The van der Waals surface area contributed by atoms with Crippen molar-refractivity contribution in [1.82, 2.24) is 9.80 Å². The van der Waals surface area contributed by atoms with Crippen LogP contribution in [0.4, 0.5) is 17.6 Å². The van der Waals surface area contributed by atoms with Gasteiger partial charge in [0.05, 0.1) is 5.56 Å². The maximum absolute atomic E-state index is 15.5. The van der Waals surface area contributed by atoms with Crippen LogP contribution in [0.1, 0.15) is 36.8 Å². The molecule has 2 aliphatic heterocycles. The number of hydrogen-bond acceptors (Lipinski definition) is 2. The standard InChI is InChI=1S/C21H24F4N2O2/c1-2-18(28)26-11-7-15(8-12-26)19(29)27-13-9-20(22,10-14-27)16-5-3-4-6-17(16)21(23,24)25/h2-6,15H,1,7-14H2. The monoisotopic (exact) mass is 412 g/mol. The van der Waals surface area contributed by atoms with Gasteiger partial charge in [0, 0.05) is 50.5 Å². The van der Waals surface area contributed by atoms with Gasteiger partial charge in [-0.1, -0.05) is 24.8 Å². The van der Waals surface area contributed by atoms with Gasteiger partial charge in [-0.05, 0) is 25.0 Å². The van der Waals surface area contributed by atoms with Crippen molar-refractivity contribution in [2.24, 2.45) is 5.92 Å². The van der Waals surface area contributed by atoms with Gasteiger partial charge < -0.3 is 9.80 Å². The molecule has 0 aliphatic carbocycles. The van der Waals surface area contributed by atoms with Crippen LogP contribution in [0.5, 0.6) is 0 Å². The maximum atomic E-state index is 15.5. The van der Waals surface area contributed by atoms with Gasteiger partial charge in [-0.15, -0.1) is 0 Å². The van der Waals surface area contributed by atoms with E-state index in [0.717, 1.165) is 6.07 Å². The Bertz CT molecular complexity index is 777. The largest absolute Gasteiger partial charge is 0.416 e. The molecule has 2 amide bonds. The Morgan fingerprint density at radius 2 is 1.62 bits per heavy atom. The smallest absolute Gasteiger partial charge is 0.342 e. The Hall–Kier alpha value is -2.38. The van der Waals surface area contributed by atoms with Crippen molar-refractivity contribution >= 4 is 11.8 Å². The van der Waals surface area contributed by atoms with Crippen LogP contribution in [0.15, 0.2) is 36.9 Å². The number of alkyl halides is 4. The number of halogens is 4. The topological polar surface area (TPSA) is 40.6 Å². The molecular formula is C21H24F4N2O2. The summed E-state index contributed by atoms with van der Waals surface area (Å²) in [6.07, 6.45) is -2.68. The van der Waals surface area contributed by atoms with E-state index in [4.69, 9.17) is 0 Å². The molecule has 8 heteroatoms. The number of carbonyl (C=O) groups is 2. The number of nitrogens with zero attached hydrogens (tertiary/aromatic N) is 2. The Labute approximate surface area is 167 Å². The molecule has 0 saturated carbocycles. The summed E-state index contributed by atoms with van der Waals surface area (Å²) < 4.78 is 55.3. The minimum atomic E-state index is -4.63. The molecule has 2 aliphatic rings. The van der Waals surface area contributed by atoms with E-state index in [1.54, 1.807) is 9.80 Å². The minimum Gasteiger partial charge on any atom is -0.342 e. The van der Waals surface area contributed by atoms with Crippen LogP contribution in [-0.2, 0) is 21.4 Å². The lowest BCUT2D eigenvalue weighted by atomic mass is 9.82. The third-order valence-corrected chi connectivity index (χ3v) is 5.91. The molecule has 0 unspecified atom stereocenters. The van der Waals surface area contributed by atoms with E-state index < -0.39 is 17.4 Å². The molecular weight excluding hydrogens is 388 g/mol. The van der Waals surface area contributed by atoms with E-state index in [-0.39, 0.29) is 49.2 Å². The summed E-state index contributed by atoms with van der Waals surface area (Å²) in [5.74, 6) is -0.528. The van der Waals surface area contributed by atoms with Gasteiger partial charge in [-0.25, -0.2) is 4.39 Å². The van der Waals surface area contributed by atoms with Crippen LogP contribution in [-0.4, -0.2) is 47.8 Å². The summed E-state index contributed by atoms with van der Waals surface area (Å²) in [5, 5.41) is 0. The Kier molecular flexibility index (Phi) is 6.00.